The van der Waals surface area contributed by atoms with E-state index in [-0.39, 0.29) is 12.2 Å². The summed E-state index contributed by atoms with van der Waals surface area (Å²) in [6.45, 7) is 1.22. The third-order valence-corrected chi connectivity index (χ3v) is 2.04. The van der Waals surface area contributed by atoms with E-state index in [1.165, 1.54) is 0 Å². The van der Waals surface area contributed by atoms with Gasteiger partial charge in [-0.15, -0.1) is 6.42 Å². The first-order valence-electron chi connectivity index (χ1n) is 3.98. The van der Waals surface area contributed by atoms with E-state index in [2.05, 4.69) is 12.0 Å². The van der Waals surface area contributed by atoms with Gasteiger partial charge in [0.15, 0.2) is 0 Å². The van der Waals surface area contributed by atoms with Crippen molar-refractivity contribution in [2.24, 2.45) is 0 Å². The second-order valence-corrected chi connectivity index (χ2v) is 2.78. The molecule has 0 N–H and O–H groups in total. The summed E-state index contributed by atoms with van der Waals surface area (Å²) in [5.74, 6) is 2.58. The Bertz CT molecular complexity index is 270. The minimum Gasteiger partial charge on any atom is -0.366 e. The maximum absolute atomic E-state index is 5.46. The fraction of sp³-hybridized carbons (Fsp3) is 0.400. The number of ether oxygens (including phenoxy) is 2. The summed E-state index contributed by atoms with van der Waals surface area (Å²) >= 11 is 0. The van der Waals surface area contributed by atoms with Gasteiger partial charge in [0.2, 0.25) is 0 Å². The molecular weight excluding hydrogens is 152 g/mol. The number of rotatable bonds is 0. The molecule has 62 valence electrons. The molecule has 0 amide bonds. The van der Waals surface area contributed by atoms with Gasteiger partial charge < -0.3 is 9.47 Å². The smallest absolute Gasteiger partial charge is 0.148 e. The van der Waals surface area contributed by atoms with Crippen molar-refractivity contribution < 1.29 is 9.47 Å². The van der Waals surface area contributed by atoms with Crippen LogP contribution in [0.2, 0.25) is 0 Å². The van der Waals surface area contributed by atoms with Crippen molar-refractivity contribution in [3.05, 3.63) is 23.8 Å². The van der Waals surface area contributed by atoms with Crippen LogP contribution in [0.3, 0.4) is 0 Å². The zero-order chi connectivity index (χ0) is 8.39. The van der Waals surface area contributed by atoms with Crippen molar-refractivity contribution in [3.63, 3.8) is 0 Å². The van der Waals surface area contributed by atoms with Crippen LogP contribution in [0.4, 0.5) is 0 Å². The van der Waals surface area contributed by atoms with Gasteiger partial charge in [0.05, 0.1) is 13.2 Å². The third-order valence-electron chi connectivity index (χ3n) is 2.04. The molecule has 2 aliphatic heterocycles. The lowest BCUT2D eigenvalue weighted by molar-refractivity contribution is -0.0244. The number of terminal acetylenes is 1. The zero-order valence-electron chi connectivity index (χ0n) is 6.69. The first kappa shape index (κ1) is 7.60. The Balaban J connectivity index is 2.25. The van der Waals surface area contributed by atoms with Crippen molar-refractivity contribution in [2.75, 3.05) is 13.2 Å². The first-order chi connectivity index (χ1) is 5.92. The summed E-state index contributed by atoms with van der Waals surface area (Å²) in [5, 5.41) is 0. The Hall–Kier alpha value is -1.04. The summed E-state index contributed by atoms with van der Waals surface area (Å²) in [6.07, 6.45) is 11.1. The molecule has 0 saturated heterocycles. The quantitative estimate of drug-likeness (QED) is 0.493. The van der Waals surface area contributed by atoms with E-state index >= 15 is 0 Å². The lowest BCUT2D eigenvalue weighted by atomic mass is 10.00. The largest absolute Gasteiger partial charge is 0.366 e. The summed E-state index contributed by atoms with van der Waals surface area (Å²) in [7, 11) is 0. The van der Waals surface area contributed by atoms with Crippen molar-refractivity contribution in [3.8, 4) is 12.3 Å². The van der Waals surface area contributed by atoms with E-state index in [1.54, 1.807) is 0 Å². The predicted octanol–water partition coefficient (Wildman–Crippen LogP) is 0.900. The summed E-state index contributed by atoms with van der Waals surface area (Å²) < 4.78 is 10.8. The fourth-order valence-corrected chi connectivity index (χ4v) is 1.45. The molecule has 12 heavy (non-hydrogen) atoms. The van der Waals surface area contributed by atoms with Gasteiger partial charge >= 0.3 is 0 Å². The average Bonchev–Trinajstić information content (AvgIpc) is 2.17. The van der Waals surface area contributed by atoms with Crippen LogP contribution < -0.4 is 0 Å². The molecule has 0 aliphatic carbocycles. The van der Waals surface area contributed by atoms with Gasteiger partial charge in [0.25, 0.3) is 0 Å². The highest BCUT2D eigenvalue weighted by atomic mass is 16.5. The Morgan fingerprint density at radius 3 is 3.17 bits per heavy atom. The molecule has 0 aromatic carbocycles. The maximum Gasteiger partial charge on any atom is 0.148 e. The van der Waals surface area contributed by atoms with E-state index < -0.39 is 0 Å². The molecule has 2 nitrogen and oxygen atoms in total. The fourth-order valence-electron chi connectivity index (χ4n) is 1.45. The monoisotopic (exact) mass is 162 g/mol. The van der Waals surface area contributed by atoms with Crippen LogP contribution in [0, 0.1) is 12.3 Å². The van der Waals surface area contributed by atoms with Gasteiger partial charge in [-0.3, -0.25) is 0 Å². The predicted molar refractivity (Wildman–Crippen MR) is 45.5 cm³/mol. The van der Waals surface area contributed by atoms with Crippen molar-refractivity contribution >= 4 is 0 Å². The molecule has 0 bridgehead atoms. The highest BCUT2D eigenvalue weighted by Gasteiger charge is 2.28. The second-order valence-electron chi connectivity index (χ2n) is 2.78. The van der Waals surface area contributed by atoms with Gasteiger partial charge in [-0.05, 0) is 5.57 Å². The maximum atomic E-state index is 5.46. The molecule has 0 aromatic heterocycles. The molecule has 2 heterocycles. The van der Waals surface area contributed by atoms with Crippen molar-refractivity contribution in [1.29, 1.82) is 0 Å². The van der Waals surface area contributed by atoms with E-state index in [0.29, 0.717) is 13.2 Å². The Morgan fingerprint density at radius 2 is 2.33 bits per heavy atom. The SMILES string of the molecule is C#C[C@H]1OCC=C2C=CCO[C@H]21. The first-order valence-corrected chi connectivity index (χ1v) is 3.98. The Morgan fingerprint density at radius 1 is 1.42 bits per heavy atom. The van der Waals surface area contributed by atoms with Crippen LogP contribution in [0.1, 0.15) is 0 Å². The minimum absolute atomic E-state index is 0.0475. The lowest BCUT2D eigenvalue weighted by Gasteiger charge is -2.30. The number of hydrogen-bond donors (Lipinski definition) is 0. The molecule has 0 unspecified atom stereocenters. The van der Waals surface area contributed by atoms with Crippen LogP contribution in [-0.4, -0.2) is 25.4 Å². The highest BCUT2D eigenvalue weighted by Crippen LogP contribution is 2.22. The van der Waals surface area contributed by atoms with Gasteiger partial charge in [-0.25, -0.2) is 0 Å². The van der Waals surface area contributed by atoms with Crippen LogP contribution in [0.5, 0.6) is 0 Å². The molecule has 0 aromatic rings. The molecule has 2 heteroatoms. The third kappa shape index (κ3) is 1.18. The molecule has 0 spiro atoms. The molecule has 2 aliphatic rings. The average molecular weight is 162 g/mol. The highest BCUT2D eigenvalue weighted by molar-refractivity contribution is 5.31. The van der Waals surface area contributed by atoms with Crippen LogP contribution >= 0.6 is 0 Å². The molecule has 2 atom stereocenters. The number of fused-ring (bicyclic) bond motifs is 1. The Kier molecular flexibility index (Phi) is 1.99. The number of hydrogen-bond acceptors (Lipinski definition) is 2. The second kappa shape index (κ2) is 3.14. The van der Waals surface area contributed by atoms with Crippen LogP contribution in [0.15, 0.2) is 23.8 Å². The molecule has 0 fully saturated rings. The topological polar surface area (TPSA) is 18.5 Å². The Labute approximate surface area is 71.9 Å². The summed E-state index contributed by atoms with van der Waals surface area (Å²) in [6, 6.07) is 0. The van der Waals surface area contributed by atoms with E-state index in [1.807, 2.05) is 12.2 Å². The van der Waals surface area contributed by atoms with E-state index in [0.717, 1.165) is 5.57 Å². The van der Waals surface area contributed by atoms with Crippen molar-refractivity contribution in [2.45, 2.75) is 12.2 Å². The summed E-state index contributed by atoms with van der Waals surface area (Å²) in [5.41, 5.74) is 1.15. The molecule has 0 saturated carbocycles. The molecule has 0 radical (unpaired) electrons. The van der Waals surface area contributed by atoms with E-state index in [9.17, 15) is 0 Å². The van der Waals surface area contributed by atoms with Gasteiger partial charge in [0.1, 0.15) is 12.2 Å². The van der Waals surface area contributed by atoms with Crippen LogP contribution in [0.25, 0.3) is 0 Å². The minimum atomic E-state index is -0.213. The summed E-state index contributed by atoms with van der Waals surface area (Å²) in [4.78, 5) is 0. The molecular formula is C10H10O2. The van der Waals surface area contributed by atoms with Gasteiger partial charge in [-0.2, -0.15) is 0 Å². The lowest BCUT2D eigenvalue weighted by Crippen LogP contribution is -2.36. The zero-order valence-corrected chi connectivity index (χ0v) is 6.69. The normalized spacial score (nSPS) is 33.4. The molecule has 2 rings (SSSR count). The van der Waals surface area contributed by atoms with Gasteiger partial charge in [0, 0.05) is 0 Å². The van der Waals surface area contributed by atoms with E-state index in [4.69, 9.17) is 15.9 Å². The van der Waals surface area contributed by atoms with Gasteiger partial charge in [-0.1, -0.05) is 24.1 Å². The standard InChI is InChI=1S/C10H10O2/c1-2-9-10-8(5-7-11-9)4-3-6-12-10/h1,3-5,9-10H,6-7H2/t9-,10-/m1/s1. The van der Waals surface area contributed by atoms with Crippen molar-refractivity contribution in [1.82, 2.24) is 0 Å². The van der Waals surface area contributed by atoms with Crippen LogP contribution in [-0.2, 0) is 9.47 Å².